The van der Waals surface area contributed by atoms with Crippen LogP contribution in [-0.4, -0.2) is 20.8 Å². The summed E-state index contributed by atoms with van der Waals surface area (Å²) in [7, 11) is 0. The topological polar surface area (TPSA) is 83.7 Å². The van der Waals surface area contributed by atoms with Gasteiger partial charge in [-0.3, -0.25) is 9.78 Å². The minimum absolute atomic E-state index is 0.178. The Labute approximate surface area is 132 Å². The van der Waals surface area contributed by atoms with Crippen molar-refractivity contribution in [2.45, 2.75) is 13.8 Å². The smallest absolute Gasteiger partial charge is 0.323 e. The van der Waals surface area contributed by atoms with Crippen LogP contribution in [0.4, 0.5) is 5.69 Å². The van der Waals surface area contributed by atoms with Crippen molar-refractivity contribution in [3.05, 3.63) is 64.8 Å². The average molecular weight is 310 g/mol. The quantitative estimate of drug-likeness (QED) is 0.711. The Morgan fingerprint density at radius 2 is 2.04 bits per heavy atom. The molecule has 0 saturated carbocycles. The van der Waals surface area contributed by atoms with Crippen molar-refractivity contribution in [2.24, 2.45) is 0 Å². The Morgan fingerprint density at radius 3 is 2.74 bits per heavy atom. The average Bonchev–Trinajstić information content (AvgIpc) is 2.90. The van der Waals surface area contributed by atoms with E-state index >= 15 is 0 Å². The third-order valence-electron chi connectivity index (χ3n) is 3.30. The predicted octanol–water partition coefficient (Wildman–Crippen LogP) is 1.10. The monoisotopic (exact) mass is 310 g/mol. The highest BCUT2D eigenvalue weighted by Gasteiger charge is 2.17. The van der Waals surface area contributed by atoms with Gasteiger partial charge < -0.3 is 5.32 Å². The summed E-state index contributed by atoms with van der Waals surface area (Å²) in [6.45, 7) is 3.32. The van der Waals surface area contributed by atoms with E-state index in [4.69, 9.17) is 0 Å². The van der Waals surface area contributed by atoms with E-state index in [2.05, 4.69) is 15.5 Å². The van der Waals surface area contributed by atoms with Crippen LogP contribution in [0.5, 0.6) is 0 Å². The number of aromatic nitrogens is 4. The number of hydrogen-bond acceptors (Lipinski definition) is 3. The molecule has 0 aliphatic carbocycles. The zero-order chi connectivity index (χ0) is 16.4. The van der Waals surface area contributed by atoms with Gasteiger partial charge in [0.15, 0.2) is 11.4 Å². The number of anilines is 1. The Hall–Kier alpha value is -3.22. The molecule has 2 aromatic heterocycles. The molecule has 0 aliphatic heterocycles. The molecule has 0 fully saturated rings. The van der Waals surface area contributed by atoms with Crippen LogP contribution in [0, 0.1) is 6.92 Å². The van der Waals surface area contributed by atoms with Gasteiger partial charge in [0.2, 0.25) is 12.1 Å². The third-order valence-corrected chi connectivity index (χ3v) is 3.30. The molecule has 2 heterocycles. The van der Waals surface area contributed by atoms with E-state index in [9.17, 15) is 9.59 Å². The number of nitrogens with zero attached hydrogens (tertiary/aromatic N) is 3. The molecule has 2 N–H and O–H groups in total. The van der Waals surface area contributed by atoms with Crippen molar-refractivity contribution in [1.82, 2.24) is 14.9 Å². The molecule has 3 aromatic rings. The minimum Gasteiger partial charge on any atom is -0.323 e. The van der Waals surface area contributed by atoms with E-state index in [-0.39, 0.29) is 11.5 Å². The van der Waals surface area contributed by atoms with Crippen molar-refractivity contribution in [3.63, 3.8) is 0 Å². The van der Waals surface area contributed by atoms with Crippen LogP contribution in [-0.2, 0) is 4.79 Å². The van der Waals surface area contributed by atoms with Gasteiger partial charge in [-0.25, -0.2) is 4.79 Å². The van der Waals surface area contributed by atoms with Crippen molar-refractivity contribution >= 4 is 11.6 Å². The van der Waals surface area contributed by atoms with Crippen LogP contribution in [0.25, 0.3) is 11.4 Å². The SMILES string of the molecule is CC(=O)Nc1ccccc1-[n+]1cc(=O)n(-c2ccc(C)nc2)[nH]1. The van der Waals surface area contributed by atoms with Crippen molar-refractivity contribution < 1.29 is 9.48 Å². The molecular formula is C16H16N5O2+. The molecule has 0 aliphatic rings. The number of aromatic amines is 1. The lowest BCUT2D eigenvalue weighted by molar-refractivity contribution is -0.660. The summed E-state index contributed by atoms with van der Waals surface area (Å²) in [5.74, 6) is -0.178. The molecule has 0 atom stereocenters. The normalized spacial score (nSPS) is 10.5. The van der Waals surface area contributed by atoms with Gasteiger partial charge in [0.25, 0.3) is 0 Å². The van der Waals surface area contributed by atoms with Gasteiger partial charge in [0.05, 0.1) is 11.9 Å². The van der Waals surface area contributed by atoms with E-state index in [0.29, 0.717) is 17.1 Å². The fourth-order valence-corrected chi connectivity index (χ4v) is 2.23. The maximum Gasteiger partial charge on any atom is 0.398 e. The summed E-state index contributed by atoms with van der Waals surface area (Å²) in [6.07, 6.45) is 3.04. The molecule has 0 unspecified atom stereocenters. The second kappa shape index (κ2) is 5.88. The molecule has 3 rings (SSSR count). The van der Waals surface area contributed by atoms with E-state index in [0.717, 1.165) is 5.69 Å². The van der Waals surface area contributed by atoms with Gasteiger partial charge in [-0.1, -0.05) is 22.0 Å². The first-order valence-corrected chi connectivity index (χ1v) is 7.08. The zero-order valence-electron chi connectivity index (χ0n) is 12.8. The van der Waals surface area contributed by atoms with Gasteiger partial charge in [-0.05, 0) is 31.2 Å². The second-order valence-electron chi connectivity index (χ2n) is 5.13. The molecule has 23 heavy (non-hydrogen) atoms. The number of carbonyl (C=O) groups excluding carboxylic acids is 1. The number of aryl methyl sites for hydroxylation is 1. The van der Waals surface area contributed by atoms with Crippen molar-refractivity contribution in [2.75, 3.05) is 5.32 Å². The number of nitrogens with one attached hydrogen (secondary N) is 2. The molecule has 0 bridgehead atoms. The summed E-state index contributed by atoms with van der Waals surface area (Å²) in [6, 6.07) is 10.9. The molecular weight excluding hydrogens is 294 g/mol. The van der Waals surface area contributed by atoms with Crippen LogP contribution >= 0.6 is 0 Å². The van der Waals surface area contributed by atoms with Gasteiger partial charge in [-0.15, -0.1) is 4.68 Å². The zero-order valence-corrected chi connectivity index (χ0v) is 12.8. The van der Waals surface area contributed by atoms with Gasteiger partial charge in [0.1, 0.15) is 0 Å². The number of hydrogen-bond donors (Lipinski definition) is 2. The second-order valence-corrected chi connectivity index (χ2v) is 5.13. The molecule has 1 aromatic carbocycles. The van der Waals surface area contributed by atoms with Gasteiger partial charge in [0, 0.05) is 12.6 Å². The summed E-state index contributed by atoms with van der Waals surface area (Å²) >= 11 is 0. The van der Waals surface area contributed by atoms with Crippen LogP contribution in [0.3, 0.4) is 0 Å². The standard InChI is InChI=1S/C16H15N5O2/c1-11-7-8-13(9-17-11)21-16(23)10-20(19-21)15-6-4-3-5-14(15)18-12(2)22/h3-10H,1-2H3,(H-,18,19,22,23)/p+1. The number of H-pyrrole nitrogens is 1. The minimum atomic E-state index is -0.228. The predicted molar refractivity (Wildman–Crippen MR) is 84.8 cm³/mol. The van der Waals surface area contributed by atoms with Crippen LogP contribution < -0.4 is 15.6 Å². The van der Waals surface area contributed by atoms with Crippen LogP contribution in [0.2, 0.25) is 0 Å². The van der Waals surface area contributed by atoms with E-state index < -0.39 is 0 Å². The lowest BCUT2D eigenvalue weighted by atomic mass is 10.2. The fourth-order valence-electron chi connectivity index (χ4n) is 2.23. The largest absolute Gasteiger partial charge is 0.398 e. The number of benzene rings is 1. The Balaban J connectivity index is 2.06. The van der Waals surface area contributed by atoms with E-state index in [1.165, 1.54) is 17.8 Å². The van der Waals surface area contributed by atoms with Crippen LogP contribution in [0.1, 0.15) is 12.6 Å². The molecule has 0 saturated heterocycles. The Kier molecular flexibility index (Phi) is 3.76. The molecule has 1 amide bonds. The highest BCUT2D eigenvalue weighted by atomic mass is 16.1. The summed E-state index contributed by atoms with van der Waals surface area (Å²) in [5, 5.41) is 5.72. The highest BCUT2D eigenvalue weighted by Crippen LogP contribution is 2.14. The van der Waals surface area contributed by atoms with Crippen LogP contribution in [0.15, 0.2) is 53.6 Å². The lowest BCUT2D eigenvalue weighted by Gasteiger charge is -2.05. The number of pyridine rings is 1. The first-order chi connectivity index (χ1) is 11.0. The summed E-state index contributed by atoms with van der Waals surface area (Å²) in [4.78, 5) is 27.7. The van der Waals surface area contributed by atoms with Crippen molar-refractivity contribution in [1.29, 1.82) is 0 Å². The molecule has 0 spiro atoms. The van der Waals surface area contributed by atoms with E-state index in [1.807, 2.05) is 31.2 Å². The first kappa shape index (κ1) is 14.7. The molecule has 0 radical (unpaired) electrons. The fraction of sp³-hybridized carbons (Fsp3) is 0.125. The van der Waals surface area contributed by atoms with Crippen molar-refractivity contribution in [3.8, 4) is 11.4 Å². The third kappa shape index (κ3) is 3.03. The Morgan fingerprint density at radius 1 is 1.26 bits per heavy atom. The number of amides is 1. The number of rotatable bonds is 3. The maximum atomic E-state index is 12.2. The first-order valence-electron chi connectivity index (χ1n) is 7.08. The lowest BCUT2D eigenvalue weighted by Crippen LogP contribution is -2.34. The number of carbonyl (C=O) groups is 1. The highest BCUT2D eigenvalue weighted by molar-refractivity contribution is 5.90. The Bertz CT molecular complexity index is 909. The summed E-state index contributed by atoms with van der Waals surface area (Å²) < 4.78 is 2.95. The number of para-hydroxylation sites is 2. The molecule has 7 heteroatoms. The molecule has 7 nitrogen and oxygen atoms in total. The molecule has 116 valence electrons. The van der Waals surface area contributed by atoms with Gasteiger partial charge in [-0.2, -0.15) is 0 Å². The van der Waals surface area contributed by atoms with E-state index in [1.54, 1.807) is 23.0 Å². The maximum absolute atomic E-state index is 12.2. The summed E-state index contributed by atoms with van der Waals surface area (Å²) in [5.41, 5.74) is 2.56. The van der Waals surface area contributed by atoms with Gasteiger partial charge >= 0.3 is 5.56 Å².